The molecule has 0 bridgehead atoms. The van der Waals surface area contributed by atoms with Gasteiger partial charge >= 0.3 is 0 Å². The number of aromatic nitrogens is 1. The van der Waals surface area contributed by atoms with Crippen molar-refractivity contribution >= 4 is 57.2 Å². The first-order chi connectivity index (χ1) is 15.9. The second-order valence-electron chi connectivity index (χ2n) is 7.93. The summed E-state index contributed by atoms with van der Waals surface area (Å²) in [6.45, 7) is 1.93. The molecular weight excluding hydrogens is 459 g/mol. The van der Waals surface area contributed by atoms with Crippen LogP contribution in [0.1, 0.15) is 22.7 Å². The van der Waals surface area contributed by atoms with Crippen LogP contribution in [-0.4, -0.2) is 21.8 Å². The Kier molecular flexibility index (Phi) is 5.23. The highest BCUT2D eigenvalue weighted by atomic mass is 35.5. The van der Waals surface area contributed by atoms with Crippen LogP contribution in [0.15, 0.2) is 78.5 Å². The SMILES string of the molecule is Cc1cccc(C2/C(=C(/O)c3c[nH]c4ccccc34)C(=O)C(=O)N2c2ccc(Cl)c(Cl)c2)c1. The average Bonchev–Trinajstić information content (AvgIpc) is 3.35. The van der Waals surface area contributed by atoms with Crippen LogP contribution in [-0.2, 0) is 9.59 Å². The quantitative estimate of drug-likeness (QED) is 0.204. The van der Waals surface area contributed by atoms with E-state index in [2.05, 4.69) is 4.98 Å². The van der Waals surface area contributed by atoms with Crippen LogP contribution in [0.5, 0.6) is 0 Å². The van der Waals surface area contributed by atoms with Gasteiger partial charge in [0.05, 0.1) is 21.7 Å². The van der Waals surface area contributed by atoms with Crippen molar-refractivity contribution in [3.8, 4) is 0 Å². The van der Waals surface area contributed by atoms with E-state index in [9.17, 15) is 14.7 Å². The number of Topliss-reactive ketones (excluding diaryl/α,β-unsaturated/α-hetero) is 1. The zero-order valence-electron chi connectivity index (χ0n) is 17.5. The number of aromatic amines is 1. The third-order valence-electron chi connectivity index (χ3n) is 5.83. The highest BCUT2D eigenvalue weighted by Crippen LogP contribution is 2.44. The Balaban J connectivity index is 1.77. The molecule has 0 aliphatic carbocycles. The summed E-state index contributed by atoms with van der Waals surface area (Å²) in [4.78, 5) is 31.0. The monoisotopic (exact) mass is 476 g/mol. The Morgan fingerprint density at radius 1 is 0.970 bits per heavy atom. The number of amides is 1. The van der Waals surface area contributed by atoms with Gasteiger partial charge in [-0.3, -0.25) is 14.5 Å². The molecule has 1 aliphatic rings. The molecule has 3 aromatic carbocycles. The molecule has 1 aromatic heterocycles. The molecule has 2 heterocycles. The molecule has 0 saturated carbocycles. The van der Waals surface area contributed by atoms with Gasteiger partial charge in [0.25, 0.3) is 11.7 Å². The molecule has 7 heteroatoms. The highest BCUT2D eigenvalue weighted by molar-refractivity contribution is 6.52. The average molecular weight is 477 g/mol. The molecule has 0 radical (unpaired) electrons. The first-order valence-corrected chi connectivity index (χ1v) is 11.0. The topological polar surface area (TPSA) is 73.4 Å². The summed E-state index contributed by atoms with van der Waals surface area (Å²) in [5.74, 6) is -1.75. The molecule has 4 aromatic rings. The Hall–Kier alpha value is -3.54. The van der Waals surface area contributed by atoms with Gasteiger partial charge < -0.3 is 10.1 Å². The molecule has 1 atom stereocenters. The minimum Gasteiger partial charge on any atom is -0.507 e. The molecule has 0 spiro atoms. The number of nitrogens with one attached hydrogen (secondary N) is 1. The lowest BCUT2D eigenvalue weighted by Crippen LogP contribution is -2.29. The zero-order chi connectivity index (χ0) is 23.3. The van der Waals surface area contributed by atoms with Crippen LogP contribution in [0.2, 0.25) is 10.0 Å². The standard InChI is InChI=1S/C26H18Cl2N2O3/c1-14-5-4-6-15(11-14)23-22(24(31)18-13-29-21-8-3-2-7-17(18)21)25(32)26(33)30(23)16-9-10-19(27)20(28)12-16/h2-13,23,29,31H,1H3/b24-22-. The van der Waals surface area contributed by atoms with Crippen LogP contribution in [0, 0.1) is 6.92 Å². The van der Waals surface area contributed by atoms with E-state index in [0.717, 1.165) is 16.5 Å². The van der Waals surface area contributed by atoms with Crippen molar-refractivity contribution in [1.82, 2.24) is 4.98 Å². The molecule has 5 rings (SSSR count). The number of para-hydroxylation sites is 1. The van der Waals surface area contributed by atoms with Gasteiger partial charge in [-0.25, -0.2) is 0 Å². The van der Waals surface area contributed by atoms with Crippen LogP contribution in [0.4, 0.5) is 5.69 Å². The lowest BCUT2D eigenvalue weighted by atomic mass is 9.94. The van der Waals surface area contributed by atoms with E-state index < -0.39 is 17.7 Å². The minimum atomic E-state index is -0.837. The number of hydrogen-bond donors (Lipinski definition) is 2. The van der Waals surface area contributed by atoms with Gasteiger partial charge in [-0.05, 0) is 36.8 Å². The Morgan fingerprint density at radius 2 is 1.76 bits per heavy atom. The summed E-state index contributed by atoms with van der Waals surface area (Å²) >= 11 is 12.3. The first kappa shape index (κ1) is 21.3. The summed E-state index contributed by atoms with van der Waals surface area (Å²) in [6, 6.07) is 18.9. The fraction of sp³-hybridized carbons (Fsp3) is 0.0769. The summed E-state index contributed by atoms with van der Waals surface area (Å²) < 4.78 is 0. The number of anilines is 1. The number of aliphatic hydroxyl groups is 1. The van der Waals surface area contributed by atoms with Crippen molar-refractivity contribution in [2.75, 3.05) is 4.90 Å². The Labute approximate surface area is 199 Å². The fourth-order valence-electron chi connectivity index (χ4n) is 4.30. The molecule has 1 fully saturated rings. The van der Waals surface area contributed by atoms with Crippen LogP contribution >= 0.6 is 23.2 Å². The molecule has 1 aliphatic heterocycles. The van der Waals surface area contributed by atoms with Gasteiger partial charge in [0.15, 0.2) is 0 Å². The molecule has 5 nitrogen and oxygen atoms in total. The fourth-order valence-corrected chi connectivity index (χ4v) is 4.59. The maximum Gasteiger partial charge on any atom is 0.300 e. The van der Waals surface area contributed by atoms with E-state index in [1.165, 1.54) is 4.90 Å². The number of H-pyrrole nitrogens is 1. The van der Waals surface area contributed by atoms with Crippen LogP contribution in [0.25, 0.3) is 16.7 Å². The second-order valence-corrected chi connectivity index (χ2v) is 8.74. The molecule has 1 saturated heterocycles. The van der Waals surface area contributed by atoms with E-state index in [4.69, 9.17) is 23.2 Å². The van der Waals surface area contributed by atoms with Gasteiger partial charge in [0.2, 0.25) is 0 Å². The number of aryl methyl sites for hydroxylation is 1. The van der Waals surface area contributed by atoms with Crippen molar-refractivity contribution in [2.45, 2.75) is 13.0 Å². The predicted molar refractivity (Wildman–Crippen MR) is 131 cm³/mol. The van der Waals surface area contributed by atoms with E-state index in [1.807, 2.05) is 55.5 Å². The number of carbonyl (C=O) groups is 2. The number of hydrogen-bond acceptors (Lipinski definition) is 3. The molecule has 33 heavy (non-hydrogen) atoms. The van der Waals surface area contributed by atoms with Crippen molar-refractivity contribution in [1.29, 1.82) is 0 Å². The van der Waals surface area contributed by atoms with Gasteiger partial charge in [-0.1, -0.05) is 71.2 Å². The zero-order valence-corrected chi connectivity index (χ0v) is 19.0. The number of fused-ring (bicyclic) bond motifs is 1. The number of ketones is 1. The highest BCUT2D eigenvalue weighted by Gasteiger charge is 2.47. The number of nitrogens with zero attached hydrogens (tertiary/aromatic N) is 1. The van der Waals surface area contributed by atoms with Crippen molar-refractivity contribution in [3.05, 3.63) is 105 Å². The number of aliphatic hydroxyl groups excluding tert-OH is 1. The molecule has 1 amide bonds. The van der Waals surface area contributed by atoms with E-state index in [0.29, 0.717) is 21.8 Å². The van der Waals surface area contributed by atoms with Crippen molar-refractivity contribution < 1.29 is 14.7 Å². The largest absolute Gasteiger partial charge is 0.507 e. The normalized spacial score (nSPS) is 17.8. The van der Waals surface area contributed by atoms with Crippen molar-refractivity contribution in [2.24, 2.45) is 0 Å². The lowest BCUT2D eigenvalue weighted by molar-refractivity contribution is -0.132. The van der Waals surface area contributed by atoms with Gasteiger partial charge in [-0.15, -0.1) is 0 Å². The number of halogens is 2. The van der Waals surface area contributed by atoms with Gasteiger partial charge in [0, 0.05) is 28.4 Å². The molecule has 1 unspecified atom stereocenters. The maximum atomic E-state index is 13.3. The molecule has 2 N–H and O–H groups in total. The summed E-state index contributed by atoms with van der Waals surface area (Å²) in [6.07, 6.45) is 1.64. The Bertz CT molecular complexity index is 1470. The number of carbonyl (C=O) groups excluding carboxylic acids is 2. The van der Waals surface area contributed by atoms with E-state index in [-0.39, 0.29) is 16.4 Å². The van der Waals surface area contributed by atoms with Gasteiger partial charge in [0.1, 0.15) is 5.76 Å². The smallest absolute Gasteiger partial charge is 0.300 e. The van der Waals surface area contributed by atoms with E-state index >= 15 is 0 Å². The summed E-state index contributed by atoms with van der Waals surface area (Å²) in [5.41, 5.74) is 3.35. The maximum absolute atomic E-state index is 13.3. The number of benzene rings is 3. The van der Waals surface area contributed by atoms with Crippen LogP contribution < -0.4 is 4.90 Å². The third-order valence-corrected chi connectivity index (χ3v) is 6.57. The summed E-state index contributed by atoms with van der Waals surface area (Å²) in [7, 11) is 0. The first-order valence-electron chi connectivity index (χ1n) is 10.3. The Morgan fingerprint density at radius 3 is 2.52 bits per heavy atom. The summed E-state index contributed by atoms with van der Waals surface area (Å²) in [5, 5.41) is 12.7. The third kappa shape index (κ3) is 3.50. The number of rotatable bonds is 3. The predicted octanol–water partition coefficient (Wildman–Crippen LogP) is 6.41. The molecule has 164 valence electrons. The van der Waals surface area contributed by atoms with Crippen LogP contribution in [0.3, 0.4) is 0 Å². The van der Waals surface area contributed by atoms with E-state index in [1.54, 1.807) is 24.4 Å². The second kappa shape index (κ2) is 8.10. The van der Waals surface area contributed by atoms with Gasteiger partial charge in [-0.2, -0.15) is 0 Å². The minimum absolute atomic E-state index is 0.0152. The molecular formula is C26H18Cl2N2O3. The lowest BCUT2D eigenvalue weighted by Gasteiger charge is -2.26. The van der Waals surface area contributed by atoms with Crippen molar-refractivity contribution in [3.63, 3.8) is 0 Å².